The summed E-state index contributed by atoms with van der Waals surface area (Å²) in [7, 11) is 1.50. The third-order valence-corrected chi connectivity index (χ3v) is 8.56. The average Bonchev–Trinajstić information content (AvgIpc) is 3.36. The standard InChI is InChI=1S/C37H31NO8/c1-44-30-12-6-10-27(20-30)37(43)46-29-16-13-24(14-17-29)33(39)22-45-36(42)26-9-5-11-28(19-26)38-34(40)31-18-15-25(21-32(31)35(38)41)23-7-3-2-4-8-23/h2-14,16-17,19-20,25,31-32H,15,18,21-22H2,1H3/t25-,31+,32-/m0/s1. The largest absolute Gasteiger partial charge is 0.497 e. The highest BCUT2D eigenvalue weighted by Crippen LogP contribution is 2.45. The SMILES string of the molecule is COc1cccc(C(=O)Oc2ccc(C(=O)COC(=O)c3cccc(N4C(=O)[C@H]5C[C@@H](c6ccccc6)CC[C@H]5C4=O)c3)cc2)c1. The molecule has 1 aliphatic carbocycles. The number of esters is 2. The maximum Gasteiger partial charge on any atom is 0.343 e. The van der Waals surface area contributed by atoms with E-state index in [1.54, 1.807) is 36.4 Å². The summed E-state index contributed by atoms with van der Waals surface area (Å²) < 4.78 is 15.8. The van der Waals surface area contributed by atoms with E-state index in [2.05, 4.69) is 12.1 Å². The number of methoxy groups -OCH3 is 1. The number of nitrogens with zero attached hydrogens (tertiary/aromatic N) is 1. The molecule has 1 heterocycles. The summed E-state index contributed by atoms with van der Waals surface area (Å²) >= 11 is 0. The van der Waals surface area contributed by atoms with Crippen molar-refractivity contribution in [2.75, 3.05) is 18.6 Å². The molecule has 232 valence electrons. The fourth-order valence-corrected chi connectivity index (χ4v) is 6.16. The Morgan fingerprint density at radius 1 is 0.696 bits per heavy atom. The molecule has 2 aliphatic rings. The molecule has 9 nitrogen and oxygen atoms in total. The van der Waals surface area contributed by atoms with Gasteiger partial charge in [0.05, 0.1) is 35.8 Å². The molecule has 1 saturated carbocycles. The first-order valence-electron chi connectivity index (χ1n) is 15.0. The summed E-state index contributed by atoms with van der Waals surface area (Å²) in [6, 6.07) is 28.6. The number of rotatable bonds is 9. The summed E-state index contributed by atoms with van der Waals surface area (Å²) in [5.41, 5.74) is 2.16. The number of Topliss-reactive ketones (excluding diaryl/α,β-unsaturated/α-hetero) is 1. The Kier molecular flexibility index (Phi) is 8.74. The summed E-state index contributed by atoms with van der Waals surface area (Å²) in [6.07, 6.45) is 2.06. The van der Waals surface area contributed by atoms with Gasteiger partial charge in [-0.05, 0) is 91.4 Å². The van der Waals surface area contributed by atoms with Crippen LogP contribution in [0.4, 0.5) is 5.69 Å². The minimum atomic E-state index is -0.764. The van der Waals surface area contributed by atoms with Gasteiger partial charge in [0.15, 0.2) is 12.4 Å². The number of imide groups is 1. The van der Waals surface area contributed by atoms with E-state index in [-0.39, 0.29) is 40.5 Å². The van der Waals surface area contributed by atoms with Gasteiger partial charge in [-0.3, -0.25) is 19.3 Å². The van der Waals surface area contributed by atoms with E-state index in [9.17, 15) is 24.0 Å². The summed E-state index contributed by atoms with van der Waals surface area (Å²) in [5, 5.41) is 0. The lowest BCUT2D eigenvalue weighted by Gasteiger charge is -2.28. The Morgan fingerprint density at radius 3 is 2.13 bits per heavy atom. The molecule has 0 unspecified atom stereocenters. The zero-order valence-corrected chi connectivity index (χ0v) is 25.1. The van der Waals surface area contributed by atoms with Gasteiger partial charge in [0.2, 0.25) is 11.8 Å². The zero-order chi connectivity index (χ0) is 32.2. The normalized spacial score (nSPS) is 18.9. The lowest BCUT2D eigenvalue weighted by molar-refractivity contribution is -0.122. The van der Waals surface area contributed by atoms with Gasteiger partial charge < -0.3 is 14.2 Å². The Balaban J connectivity index is 1.06. The van der Waals surface area contributed by atoms with Crippen molar-refractivity contribution >= 4 is 35.2 Å². The van der Waals surface area contributed by atoms with Gasteiger partial charge in [0.1, 0.15) is 11.5 Å². The molecule has 1 aliphatic heterocycles. The number of carbonyl (C=O) groups is 5. The van der Waals surface area contributed by atoms with Crippen molar-refractivity contribution in [3.63, 3.8) is 0 Å². The van der Waals surface area contributed by atoms with Gasteiger partial charge in [-0.2, -0.15) is 0 Å². The second kappa shape index (κ2) is 13.2. The molecule has 4 aromatic rings. The van der Waals surface area contributed by atoms with E-state index < -0.39 is 30.2 Å². The van der Waals surface area contributed by atoms with Gasteiger partial charge in [-0.15, -0.1) is 0 Å². The van der Waals surface area contributed by atoms with Crippen LogP contribution in [0.3, 0.4) is 0 Å². The molecule has 0 bridgehead atoms. The maximum atomic E-state index is 13.5. The van der Waals surface area contributed by atoms with Crippen molar-refractivity contribution in [3.8, 4) is 11.5 Å². The Hall–Kier alpha value is -5.57. The molecule has 0 N–H and O–H groups in total. The smallest absolute Gasteiger partial charge is 0.343 e. The number of hydrogen-bond acceptors (Lipinski definition) is 8. The topological polar surface area (TPSA) is 116 Å². The Bertz CT molecular complexity index is 1800. The molecule has 1 saturated heterocycles. The summed E-state index contributed by atoms with van der Waals surface area (Å²) in [5.74, 6) is -2.13. The third-order valence-electron chi connectivity index (χ3n) is 8.56. The second-order valence-corrected chi connectivity index (χ2v) is 11.3. The van der Waals surface area contributed by atoms with Gasteiger partial charge in [0.25, 0.3) is 0 Å². The highest BCUT2D eigenvalue weighted by Gasteiger charge is 2.50. The zero-order valence-electron chi connectivity index (χ0n) is 25.1. The quantitative estimate of drug-likeness (QED) is 0.0968. The van der Waals surface area contributed by atoms with Crippen LogP contribution in [0.5, 0.6) is 11.5 Å². The minimum Gasteiger partial charge on any atom is -0.497 e. The van der Waals surface area contributed by atoms with Crippen LogP contribution in [0.2, 0.25) is 0 Å². The fourth-order valence-electron chi connectivity index (χ4n) is 6.16. The molecular weight excluding hydrogens is 586 g/mol. The van der Waals surface area contributed by atoms with Crippen molar-refractivity contribution < 1.29 is 38.2 Å². The van der Waals surface area contributed by atoms with Crippen molar-refractivity contribution in [1.29, 1.82) is 0 Å². The molecule has 9 heteroatoms. The van der Waals surface area contributed by atoms with Crippen LogP contribution in [0.15, 0.2) is 103 Å². The lowest BCUT2D eigenvalue weighted by Crippen LogP contribution is -2.31. The molecule has 4 aromatic carbocycles. The maximum absolute atomic E-state index is 13.5. The monoisotopic (exact) mass is 617 g/mol. The third kappa shape index (κ3) is 6.30. The molecule has 3 atom stereocenters. The van der Waals surface area contributed by atoms with Gasteiger partial charge in [-0.25, -0.2) is 9.59 Å². The Labute approximate surface area is 265 Å². The second-order valence-electron chi connectivity index (χ2n) is 11.3. The van der Waals surface area contributed by atoms with Crippen LogP contribution in [0.25, 0.3) is 0 Å². The van der Waals surface area contributed by atoms with E-state index in [0.29, 0.717) is 29.8 Å². The van der Waals surface area contributed by atoms with Gasteiger partial charge in [0, 0.05) is 5.56 Å². The van der Waals surface area contributed by atoms with Crippen molar-refractivity contribution in [2.45, 2.75) is 25.2 Å². The number of carbonyl (C=O) groups excluding carboxylic acids is 5. The molecule has 6 rings (SSSR count). The average molecular weight is 618 g/mol. The van der Waals surface area contributed by atoms with Gasteiger partial charge >= 0.3 is 11.9 Å². The van der Waals surface area contributed by atoms with E-state index in [1.807, 2.05) is 18.2 Å². The van der Waals surface area contributed by atoms with E-state index in [4.69, 9.17) is 14.2 Å². The molecular formula is C37H31NO8. The molecule has 2 fully saturated rings. The Morgan fingerprint density at radius 2 is 1.39 bits per heavy atom. The number of fused-ring (bicyclic) bond motifs is 1. The van der Waals surface area contributed by atoms with Crippen LogP contribution in [0.1, 0.15) is 61.8 Å². The van der Waals surface area contributed by atoms with E-state index >= 15 is 0 Å². The predicted octanol–water partition coefficient (Wildman–Crippen LogP) is 6.03. The first-order valence-corrected chi connectivity index (χ1v) is 15.0. The van der Waals surface area contributed by atoms with E-state index in [1.165, 1.54) is 54.0 Å². The number of ether oxygens (including phenoxy) is 3. The summed E-state index contributed by atoms with van der Waals surface area (Å²) in [4.78, 5) is 66.1. The number of hydrogen-bond donors (Lipinski definition) is 0. The van der Waals surface area contributed by atoms with E-state index in [0.717, 1.165) is 6.42 Å². The number of amides is 2. The first-order chi connectivity index (χ1) is 22.3. The van der Waals surface area contributed by atoms with Gasteiger partial charge in [-0.1, -0.05) is 42.5 Å². The number of anilines is 1. The van der Waals surface area contributed by atoms with Crippen LogP contribution in [-0.4, -0.2) is 43.3 Å². The molecule has 0 radical (unpaired) electrons. The summed E-state index contributed by atoms with van der Waals surface area (Å²) in [6.45, 7) is -0.529. The highest BCUT2D eigenvalue weighted by molar-refractivity contribution is 6.22. The first kappa shape index (κ1) is 30.5. The van der Waals surface area contributed by atoms with Crippen LogP contribution in [0, 0.1) is 11.8 Å². The minimum absolute atomic E-state index is 0.114. The number of ketones is 1. The highest BCUT2D eigenvalue weighted by atomic mass is 16.5. The molecule has 2 amide bonds. The molecule has 46 heavy (non-hydrogen) atoms. The predicted molar refractivity (Wildman–Crippen MR) is 168 cm³/mol. The van der Waals surface area contributed by atoms with Crippen LogP contribution >= 0.6 is 0 Å². The molecule has 0 aromatic heterocycles. The van der Waals surface area contributed by atoms with Crippen LogP contribution < -0.4 is 14.4 Å². The molecule has 0 spiro atoms. The van der Waals surface area contributed by atoms with Crippen molar-refractivity contribution in [3.05, 3.63) is 125 Å². The van der Waals surface area contributed by atoms with Crippen molar-refractivity contribution in [2.24, 2.45) is 11.8 Å². The van der Waals surface area contributed by atoms with Crippen molar-refractivity contribution in [1.82, 2.24) is 0 Å². The van der Waals surface area contributed by atoms with Crippen LogP contribution in [-0.2, 0) is 14.3 Å². The lowest BCUT2D eigenvalue weighted by atomic mass is 9.73. The fraction of sp³-hybridized carbons (Fsp3) is 0.216. The number of benzene rings is 4.